The predicted molar refractivity (Wildman–Crippen MR) is 71.5 cm³/mol. The third-order valence-corrected chi connectivity index (χ3v) is 3.03. The van der Waals surface area contributed by atoms with E-state index in [9.17, 15) is 9.59 Å². The van der Waals surface area contributed by atoms with Crippen molar-refractivity contribution in [3.8, 4) is 0 Å². The molecule has 7 nitrogen and oxygen atoms in total. The molecule has 1 saturated heterocycles. The number of nitrogen functional groups attached to an aromatic ring is 1. The van der Waals surface area contributed by atoms with E-state index in [1.807, 2.05) is 18.2 Å². The van der Waals surface area contributed by atoms with E-state index >= 15 is 0 Å². The average molecular weight is 272 g/mol. The Kier molecular flexibility index (Phi) is 2.96. The number of amides is 2. The number of hydrogen-bond acceptors (Lipinski definition) is 5. The fourth-order valence-electron chi connectivity index (χ4n) is 2.00. The summed E-state index contributed by atoms with van der Waals surface area (Å²) in [6, 6.07) is 8.04. The first-order valence-electron chi connectivity index (χ1n) is 6.03. The molecule has 0 unspecified atom stereocenters. The van der Waals surface area contributed by atoms with E-state index in [1.165, 1.54) is 6.07 Å². The number of carbonyl (C=O) groups is 2. The van der Waals surface area contributed by atoms with Crippen LogP contribution in [0.25, 0.3) is 10.9 Å². The second-order valence-electron chi connectivity index (χ2n) is 4.42. The van der Waals surface area contributed by atoms with Crippen molar-refractivity contribution in [3.05, 3.63) is 36.0 Å². The summed E-state index contributed by atoms with van der Waals surface area (Å²) in [7, 11) is 0. The van der Waals surface area contributed by atoms with Gasteiger partial charge in [-0.1, -0.05) is 18.2 Å². The van der Waals surface area contributed by atoms with Crippen LogP contribution in [0.15, 0.2) is 30.3 Å². The minimum absolute atomic E-state index is 0.0909. The molecule has 3 rings (SSSR count). The Morgan fingerprint density at radius 2 is 2.25 bits per heavy atom. The molecule has 7 heteroatoms. The number of nitrogens with one attached hydrogen (secondary N) is 2. The van der Waals surface area contributed by atoms with Gasteiger partial charge < -0.3 is 11.1 Å². The zero-order valence-corrected chi connectivity index (χ0v) is 10.4. The summed E-state index contributed by atoms with van der Waals surface area (Å²) in [6.45, 7) is 0.0909. The highest BCUT2D eigenvalue weighted by molar-refractivity contribution is 6.00. The summed E-state index contributed by atoms with van der Waals surface area (Å²) in [5.74, 6) is -0.847. The topological polar surface area (TPSA) is 106 Å². The van der Waals surface area contributed by atoms with Gasteiger partial charge in [0.25, 0.3) is 11.8 Å². The van der Waals surface area contributed by atoms with E-state index < -0.39 is 11.9 Å². The standard InChI is InChI=1S/C13H12N4O3/c14-8-5-10(15-9-4-2-1-3-7(8)9)12(18)16-11-6-20-17-13(11)19/h1-5,11H,6H2,(H2,14,15)(H,16,18)(H,17,19)/t11-/m1/s1. The second kappa shape index (κ2) is 4.78. The molecule has 0 bridgehead atoms. The smallest absolute Gasteiger partial charge is 0.270 e. The van der Waals surface area contributed by atoms with Gasteiger partial charge in [0.15, 0.2) is 0 Å². The monoisotopic (exact) mass is 272 g/mol. The molecule has 2 aromatic rings. The Balaban J connectivity index is 1.89. The number of benzene rings is 1. The normalized spacial score (nSPS) is 18.0. The molecule has 102 valence electrons. The maximum atomic E-state index is 12.1. The Labute approximate surface area is 114 Å². The number of pyridine rings is 1. The zero-order chi connectivity index (χ0) is 14.1. The minimum Gasteiger partial charge on any atom is -0.398 e. The molecule has 1 aromatic heterocycles. The van der Waals surface area contributed by atoms with E-state index in [2.05, 4.69) is 15.8 Å². The number of anilines is 1. The maximum absolute atomic E-state index is 12.1. The van der Waals surface area contributed by atoms with Gasteiger partial charge >= 0.3 is 0 Å². The molecule has 1 aliphatic rings. The van der Waals surface area contributed by atoms with Crippen molar-refractivity contribution < 1.29 is 14.4 Å². The van der Waals surface area contributed by atoms with Crippen molar-refractivity contribution >= 4 is 28.4 Å². The highest BCUT2D eigenvalue weighted by Crippen LogP contribution is 2.20. The molecular formula is C13H12N4O3. The maximum Gasteiger partial charge on any atom is 0.270 e. The van der Waals surface area contributed by atoms with Crippen LogP contribution in [-0.4, -0.2) is 29.4 Å². The average Bonchev–Trinajstić information content (AvgIpc) is 2.84. The summed E-state index contributed by atoms with van der Waals surface area (Å²) in [5.41, 5.74) is 9.34. The van der Waals surface area contributed by atoms with Crippen LogP contribution in [0.5, 0.6) is 0 Å². The molecule has 2 heterocycles. The lowest BCUT2D eigenvalue weighted by Crippen LogP contribution is -2.41. The van der Waals surface area contributed by atoms with Crippen LogP contribution < -0.4 is 16.5 Å². The molecule has 0 saturated carbocycles. The molecule has 2 amide bonds. The van der Waals surface area contributed by atoms with Crippen molar-refractivity contribution in [2.24, 2.45) is 0 Å². The number of fused-ring (bicyclic) bond motifs is 1. The van der Waals surface area contributed by atoms with Gasteiger partial charge in [-0.2, -0.15) is 0 Å². The summed E-state index contributed by atoms with van der Waals surface area (Å²) in [4.78, 5) is 32.4. The van der Waals surface area contributed by atoms with E-state index in [1.54, 1.807) is 6.07 Å². The Morgan fingerprint density at radius 1 is 1.45 bits per heavy atom. The lowest BCUT2D eigenvalue weighted by Gasteiger charge is -2.09. The van der Waals surface area contributed by atoms with Crippen molar-refractivity contribution in [2.75, 3.05) is 12.3 Å². The highest BCUT2D eigenvalue weighted by Gasteiger charge is 2.27. The summed E-state index contributed by atoms with van der Waals surface area (Å²) >= 11 is 0. The van der Waals surface area contributed by atoms with Crippen LogP contribution in [0.3, 0.4) is 0 Å². The van der Waals surface area contributed by atoms with Crippen LogP contribution in [0.4, 0.5) is 5.69 Å². The Hall–Kier alpha value is -2.67. The van der Waals surface area contributed by atoms with Gasteiger partial charge in [0.05, 0.1) is 5.52 Å². The predicted octanol–water partition coefficient (Wildman–Crippen LogP) is -0.0232. The number of carbonyl (C=O) groups excluding carboxylic acids is 2. The largest absolute Gasteiger partial charge is 0.398 e. The van der Waals surface area contributed by atoms with E-state index in [0.717, 1.165) is 5.39 Å². The number of nitrogens with two attached hydrogens (primary N) is 1. The van der Waals surface area contributed by atoms with Crippen molar-refractivity contribution in [1.29, 1.82) is 0 Å². The molecule has 4 N–H and O–H groups in total. The van der Waals surface area contributed by atoms with Crippen LogP contribution in [0, 0.1) is 0 Å². The lowest BCUT2D eigenvalue weighted by molar-refractivity contribution is -0.125. The molecule has 0 spiro atoms. The summed E-state index contributed by atoms with van der Waals surface area (Å²) in [5, 5.41) is 3.33. The van der Waals surface area contributed by atoms with Gasteiger partial charge in [-0.05, 0) is 12.1 Å². The number of hydroxylamine groups is 1. The van der Waals surface area contributed by atoms with Crippen molar-refractivity contribution in [1.82, 2.24) is 15.8 Å². The number of para-hydroxylation sites is 1. The minimum atomic E-state index is -0.711. The summed E-state index contributed by atoms with van der Waals surface area (Å²) in [6.07, 6.45) is 0. The van der Waals surface area contributed by atoms with Crippen LogP contribution >= 0.6 is 0 Å². The van der Waals surface area contributed by atoms with E-state index in [4.69, 9.17) is 10.6 Å². The Morgan fingerprint density at radius 3 is 3.00 bits per heavy atom. The van der Waals surface area contributed by atoms with Crippen LogP contribution in [-0.2, 0) is 9.63 Å². The van der Waals surface area contributed by atoms with Gasteiger partial charge in [0.1, 0.15) is 18.3 Å². The fourth-order valence-corrected chi connectivity index (χ4v) is 2.00. The van der Waals surface area contributed by atoms with Crippen LogP contribution in [0.2, 0.25) is 0 Å². The molecule has 1 aliphatic heterocycles. The van der Waals surface area contributed by atoms with E-state index in [-0.39, 0.29) is 18.2 Å². The van der Waals surface area contributed by atoms with Gasteiger partial charge in [-0.25, -0.2) is 10.5 Å². The first-order chi connectivity index (χ1) is 9.65. The lowest BCUT2D eigenvalue weighted by atomic mass is 10.1. The molecule has 1 fully saturated rings. The molecule has 20 heavy (non-hydrogen) atoms. The first kappa shape index (κ1) is 12.4. The zero-order valence-electron chi connectivity index (χ0n) is 10.4. The fraction of sp³-hybridized carbons (Fsp3) is 0.154. The number of nitrogens with zero attached hydrogens (tertiary/aromatic N) is 1. The molecule has 1 aromatic carbocycles. The van der Waals surface area contributed by atoms with Crippen molar-refractivity contribution in [3.63, 3.8) is 0 Å². The van der Waals surface area contributed by atoms with Gasteiger partial charge in [0, 0.05) is 11.1 Å². The van der Waals surface area contributed by atoms with E-state index in [0.29, 0.717) is 11.2 Å². The van der Waals surface area contributed by atoms with Gasteiger partial charge in [-0.15, -0.1) is 0 Å². The number of rotatable bonds is 2. The first-order valence-corrected chi connectivity index (χ1v) is 6.03. The third kappa shape index (κ3) is 2.14. The summed E-state index contributed by atoms with van der Waals surface area (Å²) < 4.78 is 0. The molecular weight excluding hydrogens is 260 g/mol. The van der Waals surface area contributed by atoms with Crippen LogP contribution in [0.1, 0.15) is 10.5 Å². The molecule has 0 aliphatic carbocycles. The van der Waals surface area contributed by atoms with Gasteiger partial charge in [0.2, 0.25) is 0 Å². The number of aromatic nitrogens is 1. The molecule has 0 radical (unpaired) electrons. The molecule has 1 atom stereocenters. The SMILES string of the molecule is Nc1cc(C(=O)N[C@@H]2CONC2=O)nc2ccccc12. The third-order valence-electron chi connectivity index (χ3n) is 3.03. The number of hydrogen-bond donors (Lipinski definition) is 3. The second-order valence-corrected chi connectivity index (χ2v) is 4.42. The quantitative estimate of drug-likeness (QED) is 0.712. The Bertz CT molecular complexity index is 701. The van der Waals surface area contributed by atoms with Gasteiger partial charge in [-0.3, -0.25) is 14.4 Å². The highest BCUT2D eigenvalue weighted by atomic mass is 16.7. The van der Waals surface area contributed by atoms with Crippen molar-refractivity contribution in [2.45, 2.75) is 6.04 Å².